The maximum atomic E-state index is 12.9. The predicted octanol–water partition coefficient (Wildman–Crippen LogP) is 2.80. The molecule has 1 saturated heterocycles. The second-order valence-electron chi connectivity index (χ2n) is 6.06. The van der Waals surface area contributed by atoms with Crippen molar-refractivity contribution in [1.29, 1.82) is 0 Å². The molecule has 0 aliphatic carbocycles. The van der Waals surface area contributed by atoms with E-state index in [0.717, 1.165) is 16.8 Å². The Bertz CT molecular complexity index is 863. The van der Waals surface area contributed by atoms with Gasteiger partial charge in [0.15, 0.2) is 12.1 Å². The third-order valence-electron chi connectivity index (χ3n) is 4.55. The molecule has 120 valence electrons. The molecule has 6 nitrogen and oxygen atoms in total. The van der Waals surface area contributed by atoms with Gasteiger partial charge in [-0.25, -0.2) is 9.91 Å². The van der Waals surface area contributed by atoms with Gasteiger partial charge in [-0.05, 0) is 49.2 Å². The predicted molar refractivity (Wildman–Crippen MR) is 89.8 cm³/mol. The molecular weight excluding hydrogens is 304 g/mol. The van der Waals surface area contributed by atoms with Crippen LogP contribution in [0.5, 0.6) is 0 Å². The minimum atomic E-state index is -0.778. The maximum Gasteiger partial charge on any atom is 0.263 e. The fourth-order valence-electron chi connectivity index (χ4n) is 3.07. The van der Waals surface area contributed by atoms with Crippen molar-refractivity contribution in [3.8, 4) is 0 Å². The van der Waals surface area contributed by atoms with Crippen LogP contribution in [0.4, 0.5) is 11.4 Å². The number of carbonyl (C=O) groups is 2. The lowest BCUT2D eigenvalue weighted by Crippen LogP contribution is -2.39. The van der Waals surface area contributed by atoms with Gasteiger partial charge in [-0.15, -0.1) is 0 Å². The molecule has 0 bridgehead atoms. The van der Waals surface area contributed by atoms with Crippen LogP contribution in [-0.2, 0) is 9.59 Å². The first-order valence-corrected chi connectivity index (χ1v) is 7.78. The summed E-state index contributed by atoms with van der Waals surface area (Å²) in [6.45, 7) is 4.02. The SMILES string of the molecule is Cc1ccc(N2N=N[C@@H]3C(=O)N(c4ccccc4)C(=O)[C@@H]32)cc1C. The highest BCUT2D eigenvalue weighted by Gasteiger charge is 2.55. The number of anilines is 2. The fourth-order valence-corrected chi connectivity index (χ4v) is 3.07. The van der Waals surface area contributed by atoms with Crippen molar-refractivity contribution in [1.82, 2.24) is 0 Å². The van der Waals surface area contributed by atoms with E-state index in [-0.39, 0.29) is 11.8 Å². The number of fused-ring (bicyclic) bond motifs is 1. The normalized spacial score (nSPS) is 22.4. The van der Waals surface area contributed by atoms with E-state index in [0.29, 0.717) is 5.69 Å². The van der Waals surface area contributed by atoms with Crippen LogP contribution in [-0.4, -0.2) is 23.9 Å². The molecule has 0 unspecified atom stereocenters. The molecule has 4 rings (SSSR count). The highest BCUT2D eigenvalue weighted by atomic mass is 16.2. The number of amides is 2. The van der Waals surface area contributed by atoms with E-state index in [2.05, 4.69) is 10.3 Å². The van der Waals surface area contributed by atoms with E-state index in [1.54, 1.807) is 29.3 Å². The van der Waals surface area contributed by atoms with E-state index in [4.69, 9.17) is 0 Å². The summed E-state index contributed by atoms with van der Waals surface area (Å²) in [5, 5.41) is 9.69. The summed E-state index contributed by atoms with van der Waals surface area (Å²) in [4.78, 5) is 26.7. The molecular formula is C18H16N4O2. The summed E-state index contributed by atoms with van der Waals surface area (Å²) in [5.74, 6) is -0.620. The van der Waals surface area contributed by atoms with E-state index in [9.17, 15) is 9.59 Å². The minimum Gasteiger partial charge on any atom is -0.271 e. The van der Waals surface area contributed by atoms with Crippen molar-refractivity contribution in [3.63, 3.8) is 0 Å². The summed E-state index contributed by atoms with van der Waals surface area (Å²) >= 11 is 0. The van der Waals surface area contributed by atoms with Crippen molar-refractivity contribution >= 4 is 23.2 Å². The van der Waals surface area contributed by atoms with Crippen LogP contribution in [0.25, 0.3) is 0 Å². The molecule has 0 spiro atoms. The lowest BCUT2D eigenvalue weighted by molar-refractivity contribution is -0.121. The standard InChI is InChI=1S/C18H16N4O2/c1-11-8-9-14(10-12(11)2)22-16-15(19-20-22)17(23)21(18(16)24)13-6-4-3-5-7-13/h3-10,15-16H,1-2H3/t15-,16+/m0/s1. The van der Waals surface area contributed by atoms with Gasteiger partial charge in [-0.2, -0.15) is 5.11 Å². The number of nitrogens with zero attached hydrogens (tertiary/aromatic N) is 4. The Hall–Kier alpha value is -3.02. The second-order valence-corrected chi connectivity index (χ2v) is 6.06. The number of aryl methyl sites for hydroxylation is 2. The van der Waals surface area contributed by atoms with Gasteiger partial charge in [0.25, 0.3) is 11.8 Å². The molecule has 2 heterocycles. The van der Waals surface area contributed by atoms with Crippen LogP contribution in [0.2, 0.25) is 0 Å². The van der Waals surface area contributed by atoms with Crippen LogP contribution in [0.15, 0.2) is 58.9 Å². The number of hydrogen-bond acceptors (Lipinski definition) is 5. The van der Waals surface area contributed by atoms with Crippen molar-refractivity contribution in [2.75, 3.05) is 9.91 Å². The summed E-state index contributed by atoms with van der Waals surface area (Å²) in [7, 11) is 0. The second kappa shape index (κ2) is 5.26. The Morgan fingerprint density at radius 3 is 2.33 bits per heavy atom. The molecule has 24 heavy (non-hydrogen) atoms. The van der Waals surface area contributed by atoms with E-state index in [1.807, 2.05) is 38.1 Å². The van der Waals surface area contributed by atoms with Gasteiger partial charge < -0.3 is 0 Å². The first-order chi connectivity index (χ1) is 11.6. The summed E-state index contributed by atoms with van der Waals surface area (Å²) in [5.41, 5.74) is 3.59. The molecule has 1 fully saturated rings. The third-order valence-corrected chi connectivity index (χ3v) is 4.55. The van der Waals surface area contributed by atoms with Gasteiger partial charge in [0, 0.05) is 0 Å². The first kappa shape index (κ1) is 14.6. The van der Waals surface area contributed by atoms with E-state index < -0.39 is 12.1 Å². The van der Waals surface area contributed by atoms with Crippen molar-refractivity contribution in [2.24, 2.45) is 10.3 Å². The Kier molecular flexibility index (Phi) is 3.19. The van der Waals surface area contributed by atoms with Crippen molar-refractivity contribution in [3.05, 3.63) is 59.7 Å². The number of rotatable bonds is 2. The first-order valence-electron chi connectivity index (χ1n) is 7.78. The van der Waals surface area contributed by atoms with Crippen LogP contribution in [0.1, 0.15) is 11.1 Å². The Balaban J connectivity index is 1.71. The van der Waals surface area contributed by atoms with Crippen LogP contribution < -0.4 is 9.91 Å². The largest absolute Gasteiger partial charge is 0.271 e. The number of carbonyl (C=O) groups excluding carboxylic acids is 2. The molecule has 2 aliphatic rings. The van der Waals surface area contributed by atoms with Crippen LogP contribution >= 0.6 is 0 Å². The lowest BCUT2D eigenvalue weighted by atomic mass is 10.1. The summed E-state index contributed by atoms with van der Waals surface area (Å²) in [6.07, 6.45) is 0. The zero-order chi connectivity index (χ0) is 16.8. The Morgan fingerprint density at radius 1 is 0.875 bits per heavy atom. The van der Waals surface area contributed by atoms with Crippen molar-refractivity contribution < 1.29 is 9.59 Å². The van der Waals surface area contributed by atoms with Gasteiger partial charge in [-0.1, -0.05) is 29.5 Å². The zero-order valence-corrected chi connectivity index (χ0v) is 13.4. The molecule has 2 aromatic carbocycles. The van der Waals surface area contributed by atoms with Gasteiger partial charge in [0.1, 0.15) is 0 Å². The maximum absolute atomic E-state index is 12.9. The minimum absolute atomic E-state index is 0.292. The monoisotopic (exact) mass is 320 g/mol. The molecule has 2 aromatic rings. The molecule has 2 atom stereocenters. The summed E-state index contributed by atoms with van der Waals surface area (Å²) < 4.78 is 0. The summed E-state index contributed by atoms with van der Waals surface area (Å²) in [6, 6.07) is 13.3. The lowest BCUT2D eigenvalue weighted by Gasteiger charge is -2.21. The van der Waals surface area contributed by atoms with Gasteiger partial charge >= 0.3 is 0 Å². The van der Waals surface area contributed by atoms with Crippen LogP contribution in [0.3, 0.4) is 0 Å². The smallest absolute Gasteiger partial charge is 0.263 e. The molecule has 0 N–H and O–H groups in total. The van der Waals surface area contributed by atoms with Gasteiger partial charge in [0.2, 0.25) is 0 Å². The topological polar surface area (TPSA) is 65.3 Å². The molecule has 0 aromatic heterocycles. The molecule has 2 aliphatic heterocycles. The fraction of sp³-hybridized carbons (Fsp3) is 0.222. The molecule has 2 amide bonds. The molecule has 0 saturated carbocycles. The highest BCUT2D eigenvalue weighted by molar-refractivity contribution is 6.26. The van der Waals surface area contributed by atoms with Gasteiger partial charge in [0.05, 0.1) is 11.4 Å². The quantitative estimate of drug-likeness (QED) is 0.799. The van der Waals surface area contributed by atoms with Crippen LogP contribution in [0, 0.1) is 13.8 Å². The number of benzene rings is 2. The average molecular weight is 320 g/mol. The molecule has 6 heteroatoms. The Labute approximate surface area is 139 Å². The highest BCUT2D eigenvalue weighted by Crippen LogP contribution is 2.35. The number of hydrogen-bond donors (Lipinski definition) is 0. The number of imide groups is 1. The average Bonchev–Trinajstić information content (AvgIpc) is 3.12. The molecule has 0 radical (unpaired) electrons. The third kappa shape index (κ3) is 2.03. The van der Waals surface area contributed by atoms with E-state index >= 15 is 0 Å². The number of para-hydroxylation sites is 1. The van der Waals surface area contributed by atoms with Gasteiger partial charge in [-0.3, -0.25) is 9.59 Å². The Morgan fingerprint density at radius 2 is 1.62 bits per heavy atom. The van der Waals surface area contributed by atoms with Crippen molar-refractivity contribution in [2.45, 2.75) is 25.9 Å². The van der Waals surface area contributed by atoms with E-state index in [1.165, 1.54) is 4.90 Å². The zero-order valence-electron chi connectivity index (χ0n) is 13.4.